The molecule has 0 atom stereocenters. The number of sulfonamides is 1. The molecule has 1 aromatic carbocycles. The Bertz CT molecular complexity index is 684. The molecular formula is C16H24ClN3O3S. The number of hydrogen-bond donors (Lipinski definition) is 2. The molecule has 0 unspecified atom stereocenters. The van der Waals surface area contributed by atoms with Crippen LogP contribution in [-0.4, -0.2) is 51.4 Å². The van der Waals surface area contributed by atoms with Crippen LogP contribution in [0, 0.1) is 0 Å². The SMILES string of the molecule is CNC1CCN(C(=O)c2cccc(S(=O)(=O)NC3CC3)c2)CC1.Cl. The first-order valence-electron chi connectivity index (χ1n) is 8.08. The van der Waals surface area contributed by atoms with E-state index in [4.69, 9.17) is 0 Å². The smallest absolute Gasteiger partial charge is 0.253 e. The molecule has 24 heavy (non-hydrogen) atoms. The van der Waals surface area contributed by atoms with Gasteiger partial charge < -0.3 is 10.2 Å². The summed E-state index contributed by atoms with van der Waals surface area (Å²) >= 11 is 0. The number of carbonyl (C=O) groups is 1. The summed E-state index contributed by atoms with van der Waals surface area (Å²) in [6.45, 7) is 1.39. The van der Waals surface area contributed by atoms with Gasteiger partial charge in [0, 0.05) is 30.7 Å². The quantitative estimate of drug-likeness (QED) is 0.817. The molecule has 1 aliphatic heterocycles. The van der Waals surface area contributed by atoms with Gasteiger partial charge in [0.1, 0.15) is 0 Å². The van der Waals surface area contributed by atoms with E-state index in [0.29, 0.717) is 24.7 Å². The molecule has 2 fully saturated rings. The van der Waals surface area contributed by atoms with E-state index in [-0.39, 0.29) is 29.3 Å². The largest absolute Gasteiger partial charge is 0.339 e. The molecule has 6 nitrogen and oxygen atoms in total. The van der Waals surface area contributed by atoms with E-state index in [2.05, 4.69) is 10.0 Å². The van der Waals surface area contributed by atoms with Crippen molar-refractivity contribution in [1.82, 2.24) is 14.9 Å². The lowest BCUT2D eigenvalue weighted by atomic mass is 10.0. The Hall–Kier alpha value is -1.15. The monoisotopic (exact) mass is 373 g/mol. The first-order valence-corrected chi connectivity index (χ1v) is 9.57. The fraction of sp³-hybridized carbons (Fsp3) is 0.562. The summed E-state index contributed by atoms with van der Waals surface area (Å²) in [6, 6.07) is 6.84. The van der Waals surface area contributed by atoms with Gasteiger partial charge >= 0.3 is 0 Å². The lowest BCUT2D eigenvalue weighted by Gasteiger charge is -2.31. The molecule has 1 saturated heterocycles. The van der Waals surface area contributed by atoms with Crippen LogP contribution >= 0.6 is 12.4 Å². The van der Waals surface area contributed by atoms with Crippen LogP contribution in [0.1, 0.15) is 36.0 Å². The second-order valence-corrected chi connectivity index (χ2v) is 7.99. The van der Waals surface area contributed by atoms with Gasteiger partial charge in [-0.3, -0.25) is 4.79 Å². The van der Waals surface area contributed by atoms with Gasteiger partial charge in [0.25, 0.3) is 5.91 Å². The minimum atomic E-state index is -3.53. The topological polar surface area (TPSA) is 78.5 Å². The van der Waals surface area contributed by atoms with Gasteiger partial charge in [-0.05, 0) is 50.9 Å². The van der Waals surface area contributed by atoms with Crippen LogP contribution in [0.2, 0.25) is 0 Å². The summed E-state index contributed by atoms with van der Waals surface area (Å²) in [5.74, 6) is -0.0944. The molecule has 1 aliphatic carbocycles. The molecule has 0 aromatic heterocycles. The van der Waals surface area contributed by atoms with E-state index < -0.39 is 10.0 Å². The maximum absolute atomic E-state index is 12.6. The van der Waals surface area contributed by atoms with Crippen LogP contribution in [0.4, 0.5) is 0 Å². The third-order valence-electron chi connectivity index (χ3n) is 4.48. The molecule has 1 heterocycles. The zero-order valence-corrected chi connectivity index (χ0v) is 15.3. The second kappa shape index (κ2) is 7.82. The highest BCUT2D eigenvalue weighted by Crippen LogP contribution is 2.23. The molecule has 1 saturated carbocycles. The molecule has 0 radical (unpaired) electrons. The van der Waals surface area contributed by atoms with Crippen LogP contribution in [0.15, 0.2) is 29.2 Å². The van der Waals surface area contributed by atoms with Crippen molar-refractivity contribution in [1.29, 1.82) is 0 Å². The van der Waals surface area contributed by atoms with E-state index in [0.717, 1.165) is 25.7 Å². The lowest BCUT2D eigenvalue weighted by molar-refractivity contribution is 0.0707. The molecule has 8 heteroatoms. The van der Waals surface area contributed by atoms with E-state index in [9.17, 15) is 13.2 Å². The van der Waals surface area contributed by atoms with Crippen LogP contribution < -0.4 is 10.0 Å². The summed E-state index contributed by atoms with van der Waals surface area (Å²) in [6.07, 6.45) is 3.61. The van der Waals surface area contributed by atoms with E-state index in [1.165, 1.54) is 12.1 Å². The maximum atomic E-state index is 12.6. The van der Waals surface area contributed by atoms with Gasteiger partial charge in [-0.15, -0.1) is 12.4 Å². The molecule has 1 aromatic rings. The lowest BCUT2D eigenvalue weighted by Crippen LogP contribution is -2.44. The van der Waals surface area contributed by atoms with Crippen molar-refractivity contribution in [3.8, 4) is 0 Å². The Morgan fingerprint density at radius 3 is 2.38 bits per heavy atom. The number of halogens is 1. The Morgan fingerprint density at radius 2 is 1.79 bits per heavy atom. The number of likely N-dealkylation sites (tertiary alicyclic amines) is 1. The second-order valence-electron chi connectivity index (χ2n) is 6.28. The van der Waals surface area contributed by atoms with Crippen molar-refractivity contribution < 1.29 is 13.2 Å². The first-order chi connectivity index (χ1) is 11.0. The summed E-state index contributed by atoms with van der Waals surface area (Å²) in [5.41, 5.74) is 0.437. The predicted octanol–water partition coefficient (Wildman–Crippen LogP) is 1.37. The predicted molar refractivity (Wildman–Crippen MR) is 95.0 cm³/mol. The molecule has 0 bridgehead atoms. The highest BCUT2D eigenvalue weighted by molar-refractivity contribution is 7.89. The molecule has 2 aliphatic rings. The minimum Gasteiger partial charge on any atom is -0.339 e. The van der Waals surface area contributed by atoms with Gasteiger partial charge in [-0.25, -0.2) is 13.1 Å². The number of nitrogens with one attached hydrogen (secondary N) is 2. The zero-order chi connectivity index (χ0) is 16.4. The molecule has 2 N–H and O–H groups in total. The third kappa shape index (κ3) is 4.47. The fourth-order valence-electron chi connectivity index (χ4n) is 2.84. The summed E-state index contributed by atoms with van der Waals surface area (Å²) in [5, 5.41) is 3.23. The number of rotatable bonds is 5. The average Bonchev–Trinajstić information content (AvgIpc) is 3.37. The van der Waals surface area contributed by atoms with Crippen molar-refractivity contribution in [2.45, 2.75) is 42.7 Å². The van der Waals surface area contributed by atoms with Crippen molar-refractivity contribution in [2.24, 2.45) is 0 Å². The number of amides is 1. The zero-order valence-electron chi connectivity index (χ0n) is 13.7. The standard InChI is InChI=1S/C16H23N3O3S.ClH/c1-17-13-7-9-19(10-8-13)16(20)12-3-2-4-15(11-12)23(21,22)18-14-5-6-14;/h2-4,11,13-14,17-18H,5-10H2,1H3;1H. The highest BCUT2D eigenvalue weighted by atomic mass is 35.5. The molecule has 134 valence electrons. The third-order valence-corrected chi connectivity index (χ3v) is 6.00. The van der Waals surface area contributed by atoms with Crippen molar-refractivity contribution >= 4 is 28.3 Å². The number of piperidine rings is 1. The van der Waals surface area contributed by atoms with E-state index in [1.54, 1.807) is 17.0 Å². The van der Waals surface area contributed by atoms with Crippen LogP contribution in [0.5, 0.6) is 0 Å². The van der Waals surface area contributed by atoms with Gasteiger partial charge in [0.2, 0.25) is 10.0 Å². The van der Waals surface area contributed by atoms with Crippen molar-refractivity contribution in [3.63, 3.8) is 0 Å². The Morgan fingerprint density at radius 1 is 1.12 bits per heavy atom. The van der Waals surface area contributed by atoms with Crippen LogP contribution in [0.25, 0.3) is 0 Å². The van der Waals surface area contributed by atoms with E-state index in [1.807, 2.05) is 7.05 Å². The fourth-order valence-corrected chi connectivity index (χ4v) is 4.19. The summed E-state index contributed by atoms with van der Waals surface area (Å²) in [4.78, 5) is 14.6. The Kier molecular flexibility index (Phi) is 6.25. The van der Waals surface area contributed by atoms with Crippen molar-refractivity contribution in [2.75, 3.05) is 20.1 Å². The molecule has 0 spiro atoms. The molecule has 1 amide bonds. The first kappa shape index (κ1) is 19.2. The normalized spacial score (nSPS) is 19.0. The van der Waals surface area contributed by atoms with Gasteiger partial charge in [-0.2, -0.15) is 0 Å². The summed E-state index contributed by atoms with van der Waals surface area (Å²) < 4.78 is 27.2. The van der Waals surface area contributed by atoms with Crippen LogP contribution in [-0.2, 0) is 10.0 Å². The summed E-state index contributed by atoms with van der Waals surface area (Å²) in [7, 11) is -1.59. The maximum Gasteiger partial charge on any atom is 0.253 e. The Balaban J connectivity index is 0.00000208. The Labute approximate surface area is 149 Å². The minimum absolute atomic E-state index is 0. The number of nitrogens with zero attached hydrogens (tertiary/aromatic N) is 1. The van der Waals surface area contributed by atoms with Gasteiger partial charge in [0.05, 0.1) is 4.90 Å². The van der Waals surface area contributed by atoms with Crippen LogP contribution in [0.3, 0.4) is 0 Å². The highest BCUT2D eigenvalue weighted by Gasteiger charge is 2.29. The van der Waals surface area contributed by atoms with E-state index >= 15 is 0 Å². The molecular weight excluding hydrogens is 350 g/mol. The average molecular weight is 374 g/mol. The number of carbonyl (C=O) groups excluding carboxylic acids is 1. The van der Waals surface area contributed by atoms with Crippen molar-refractivity contribution in [3.05, 3.63) is 29.8 Å². The number of benzene rings is 1. The number of hydrogen-bond acceptors (Lipinski definition) is 4. The molecule has 3 rings (SSSR count). The van der Waals surface area contributed by atoms with Gasteiger partial charge in [0.15, 0.2) is 0 Å². The van der Waals surface area contributed by atoms with Gasteiger partial charge in [-0.1, -0.05) is 6.07 Å².